The zero-order chi connectivity index (χ0) is 8.97. The van der Waals surface area contributed by atoms with E-state index in [0.29, 0.717) is 12.1 Å². The average Bonchev–Trinajstić information content (AvgIpc) is 2.05. The van der Waals surface area contributed by atoms with Gasteiger partial charge in [0.05, 0.1) is 0 Å². The Hall–Kier alpha value is -0.820. The molecule has 1 heteroatoms. The second-order valence-corrected chi connectivity index (χ2v) is 3.33. The predicted molar refractivity (Wildman–Crippen MR) is 52.1 cm³/mol. The molecule has 1 aromatic rings. The van der Waals surface area contributed by atoms with Crippen LogP contribution in [0, 0.1) is 0 Å². The highest BCUT2D eigenvalue weighted by molar-refractivity contribution is 5.17. The molecule has 1 nitrogen and oxygen atoms in total. The highest BCUT2D eigenvalue weighted by Crippen LogP contribution is 2.12. The number of hydrogen-bond acceptors (Lipinski definition) is 0. The monoisotopic (exact) mass is 162 g/mol. The minimum absolute atomic E-state index is 0.325. The van der Waals surface area contributed by atoms with Gasteiger partial charge in [-0.2, -0.15) is 0 Å². The minimum atomic E-state index is 0.325. The van der Waals surface area contributed by atoms with E-state index in [0.717, 1.165) is 0 Å². The van der Waals surface area contributed by atoms with Gasteiger partial charge in [0, 0.05) is 12.1 Å². The van der Waals surface area contributed by atoms with E-state index in [4.69, 9.17) is 0 Å². The van der Waals surface area contributed by atoms with Gasteiger partial charge in [-0.15, -0.1) is 0 Å². The molecule has 0 saturated carbocycles. The summed E-state index contributed by atoms with van der Waals surface area (Å²) in [7, 11) is 0. The van der Waals surface area contributed by atoms with Crippen LogP contribution in [0.15, 0.2) is 30.3 Å². The van der Waals surface area contributed by atoms with Gasteiger partial charge < -0.3 is 0 Å². The van der Waals surface area contributed by atoms with Gasteiger partial charge in [-0.05, 0) is 26.3 Å². The maximum absolute atomic E-state index is 4.55. The molecule has 1 radical (unpaired) electrons. The topological polar surface area (TPSA) is 14.1 Å². The van der Waals surface area contributed by atoms with Crippen LogP contribution in [0.4, 0.5) is 0 Å². The van der Waals surface area contributed by atoms with Crippen molar-refractivity contribution in [3.05, 3.63) is 35.9 Å². The molecule has 0 N–H and O–H groups in total. The molecule has 0 amide bonds. The van der Waals surface area contributed by atoms with E-state index < -0.39 is 0 Å². The van der Waals surface area contributed by atoms with Crippen molar-refractivity contribution in [1.29, 1.82) is 0 Å². The second kappa shape index (κ2) is 4.27. The van der Waals surface area contributed by atoms with Crippen LogP contribution >= 0.6 is 0 Å². The van der Waals surface area contributed by atoms with Crippen LogP contribution in [-0.2, 0) is 0 Å². The highest BCUT2D eigenvalue weighted by atomic mass is 14.9. The lowest BCUT2D eigenvalue weighted by Crippen LogP contribution is -2.18. The molecule has 0 spiro atoms. The SMILES string of the molecule is CC(C)[N][C@H](C)c1ccccc1. The first-order chi connectivity index (χ1) is 5.70. The Morgan fingerprint density at radius 2 is 1.58 bits per heavy atom. The first kappa shape index (κ1) is 9.27. The summed E-state index contributed by atoms with van der Waals surface area (Å²) in [5.41, 5.74) is 1.30. The molecule has 0 unspecified atom stereocenters. The molecule has 0 saturated heterocycles. The van der Waals surface area contributed by atoms with Crippen LogP contribution in [0.5, 0.6) is 0 Å². The highest BCUT2D eigenvalue weighted by Gasteiger charge is 2.06. The molecular weight excluding hydrogens is 146 g/mol. The van der Waals surface area contributed by atoms with Gasteiger partial charge >= 0.3 is 0 Å². The van der Waals surface area contributed by atoms with Crippen LogP contribution in [0.3, 0.4) is 0 Å². The summed E-state index contributed by atoms with van der Waals surface area (Å²) >= 11 is 0. The van der Waals surface area contributed by atoms with Crippen molar-refractivity contribution in [3.63, 3.8) is 0 Å². The molecule has 0 heterocycles. The fraction of sp³-hybridized carbons (Fsp3) is 0.455. The summed E-state index contributed by atoms with van der Waals surface area (Å²) in [5.74, 6) is 0. The normalized spacial score (nSPS) is 13.3. The van der Waals surface area contributed by atoms with Gasteiger partial charge in [0.25, 0.3) is 0 Å². The van der Waals surface area contributed by atoms with Crippen LogP contribution in [-0.4, -0.2) is 6.04 Å². The summed E-state index contributed by atoms with van der Waals surface area (Å²) in [6.45, 7) is 6.36. The van der Waals surface area contributed by atoms with Crippen molar-refractivity contribution in [2.24, 2.45) is 0 Å². The molecule has 0 aliphatic heterocycles. The zero-order valence-corrected chi connectivity index (χ0v) is 7.99. The maximum atomic E-state index is 4.55. The number of hydrogen-bond donors (Lipinski definition) is 0. The number of benzene rings is 1. The standard InChI is InChI=1S/C11H16N/c1-9(2)12-10(3)11-7-5-4-6-8-11/h4-10H,1-3H3/t10-/m1/s1. The van der Waals surface area contributed by atoms with Gasteiger partial charge in [0.2, 0.25) is 0 Å². The quantitative estimate of drug-likeness (QED) is 0.649. The van der Waals surface area contributed by atoms with Gasteiger partial charge in [-0.25, -0.2) is 5.32 Å². The average molecular weight is 162 g/mol. The predicted octanol–water partition coefficient (Wildman–Crippen LogP) is 2.76. The molecular formula is C11H16N. The van der Waals surface area contributed by atoms with Crippen LogP contribution in [0.1, 0.15) is 32.4 Å². The summed E-state index contributed by atoms with van der Waals surface area (Å²) in [5, 5.41) is 4.55. The van der Waals surface area contributed by atoms with Crippen molar-refractivity contribution >= 4 is 0 Å². The van der Waals surface area contributed by atoms with E-state index in [-0.39, 0.29) is 0 Å². The molecule has 0 aliphatic carbocycles. The van der Waals surface area contributed by atoms with Crippen LogP contribution < -0.4 is 5.32 Å². The van der Waals surface area contributed by atoms with Gasteiger partial charge in [-0.1, -0.05) is 30.3 Å². The molecule has 0 bridgehead atoms. The van der Waals surface area contributed by atoms with Crippen molar-refractivity contribution in [2.45, 2.75) is 32.9 Å². The van der Waals surface area contributed by atoms with E-state index in [1.807, 2.05) is 6.07 Å². The van der Waals surface area contributed by atoms with Gasteiger partial charge in [0.15, 0.2) is 0 Å². The van der Waals surface area contributed by atoms with E-state index in [2.05, 4.69) is 50.4 Å². The Morgan fingerprint density at radius 1 is 1.00 bits per heavy atom. The van der Waals surface area contributed by atoms with Crippen molar-refractivity contribution < 1.29 is 0 Å². The fourth-order valence-corrected chi connectivity index (χ4v) is 1.26. The third-order valence-corrected chi connectivity index (χ3v) is 1.80. The zero-order valence-electron chi connectivity index (χ0n) is 7.99. The minimum Gasteiger partial charge on any atom is -0.231 e. The molecule has 65 valence electrons. The molecule has 1 rings (SSSR count). The van der Waals surface area contributed by atoms with Gasteiger partial charge in [-0.3, -0.25) is 0 Å². The van der Waals surface area contributed by atoms with Crippen LogP contribution in [0.25, 0.3) is 0 Å². The van der Waals surface area contributed by atoms with Gasteiger partial charge in [0.1, 0.15) is 0 Å². The van der Waals surface area contributed by atoms with E-state index in [9.17, 15) is 0 Å². The first-order valence-electron chi connectivity index (χ1n) is 4.45. The summed E-state index contributed by atoms with van der Waals surface area (Å²) in [6.07, 6.45) is 0. The Labute approximate surface area is 74.8 Å². The van der Waals surface area contributed by atoms with Crippen molar-refractivity contribution in [1.82, 2.24) is 5.32 Å². The number of rotatable bonds is 3. The van der Waals surface area contributed by atoms with Crippen molar-refractivity contribution in [3.8, 4) is 0 Å². The van der Waals surface area contributed by atoms with Crippen LogP contribution in [0.2, 0.25) is 0 Å². The molecule has 12 heavy (non-hydrogen) atoms. The maximum Gasteiger partial charge on any atom is 0.0470 e. The van der Waals surface area contributed by atoms with E-state index in [1.165, 1.54) is 5.56 Å². The largest absolute Gasteiger partial charge is 0.231 e. The first-order valence-corrected chi connectivity index (χ1v) is 4.45. The van der Waals surface area contributed by atoms with Crippen molar-refractivity contribution in [2.75, 3.05) is 0 Å². The molecule has 0 fully saturated rings. The summed E-state index contributed by atoms with van der Waals surface area (Å²) < 4.78 is 0. The lowest BCUT2D eigenvalue weighted by Gasteiger charge is -2.14. The smallest absolute Gasteiger partial charge is 0.0470 e. The summed E-state index contributed by atoms with van der Waals surface area (Å²) in [6, 6.07) is 11.1. The molecule has 0 aliphatic rings. The third-order valence-electron chi connectivity index (χ3n) is 1.80. The molecule has 0 aromatic heterocycles. The molecule has 1 aromatic carbocycles. The Bertz CT molecular complexity index is 216. The summed E-state index contributed by atoms with van der Waals surface area (Å²) in [4.78, 5) is 0. The third kappa shape index (κ3) is 2.67. The molecule has 1 atom stereocenters. The van der Waals surface area contributed by atoms with E-state index in [1.54, 1.807) is 0 Å². The van der Waals surface area contributed by atoms with E-state index >= 15 is 0 Å². The lowest BCUT2D eigenvalue weighted by molar-refractivity contribution is 0.493. The fourth-order valence-electron chi connectivity index (χ4n) is 1.26. The Morgan fingerprint density at radius 3 is 2.08 bits per heavy atom. The Kier molecular flexibility index (Phi) is 3.30. The number of nitrogens with zero attached hydrogens (tertiary/aromatic N) is 1. The Balaban J connectivity index is 2.59. The lowest BCUT2D eigenvalue weighted by atomic mass is 10.1. The second-order valence-electron chi connectivity index (χ2n) is 3.33.